The maximum Gasteiger partial charge on any atom is 0.333 e. The lowest BCUT2D eigenvalue weighted by atomic mass is 10.00. The first kappa shape index (κ1) is 23.0. The predicted octanol–water partition coefficient (Wildman–Crippen LogP) is 3.23. The maximum atomic E-state index is 12.8. The van der Waals surface area contributed by atoms with Crippen LogP contribution in [0.15, 0.2) is 36.4 Å². The van der Waals surface area contributed by atoms with Gasteiger partial charge >= 0.3 is 5.97 Å². The van der Waals surface area contributed by atoms with Crippen LogP contribution in [0.1, 0.15) is 36.6 Å². The summed E-state index contributed by atoms with van der Waals surface area (Å²) in [5.41, 5.74) is 8.38. The van der Waals surface area contributed by atoms with Gasteiger partial charge in [-0.3, -0.25) is 5.41 Å². The standard InChI is InChI=1S/C21H26IN3O4/c1-3-13-11-15(22)12-17(19(13)29-10-9-26)18(21(27)28-4-2)25-16-7-5-14(6-8-16)20(23)24/h5-8,11-12,18,25-26H,3-4,9-10H2,1-2H3,(H3,23,24). The van der Waals surface area contributed by atoms with E-state index in [0.717, 1.165) is 9.13 Å². The molecule has 0 radical (unpaired) electrons. The third kappa shape index (κ3) is 6.07. The molecule has 5 N–H and O–H groups in total. The fraction of sp³-hybridized carbons (Fsp3) is 0.333. The van der Waals surface area contributed by atoms with Crippen molar-refractivity contribution in [2.45, 2.75) is 26.3 Å². The number of hydrogen-bond donors (Lipinski definition) is 4. The molecule has 1 unspecified atom stereocenters. The van der Waals surface area contributed by atoms with E-state index >= 15 is 0 Å². The average Bonchev–Trinajstić information content (AvgIpc) is 2.70. The highest BCUT2D eigenvalue weighted by Gasteiger charge is 2.27. The van der Waals surface area contributed by atoms with Crippen LogP contribution in [-0.4, -0.2) is 36.7 Å². The largest absolute Gasteiger partial charge is 0.491 e. The number of carbonyl (C=O) groups is 1. The van der Waals surface area contributed by atoms with Crippen molar-refractivity contribution in [1.82, 2.24) is 0 Å². The zero-order valence-electron chi connectivity index (χ0n) is 16.5. The minimum atomic E-state index is -0.799. The maximum absolute atomic E-state index is 12.8. The van der Waals surface area contributed by atoms with Crippen molar-refractivity contribution >= 4 is 40.1 Å². The quantitative estimate of drug-likeness (QED) is 0.169. The molecule has 0 aliphatic heterocycles. The summed E-state index contributed by atoms with van der Waals surface area (Å²) in [6.07, 6.45) is 0.716. The van der Waals surface area contributed by atoms with Gasteiger partial charge in [0.05, 0.1) is 13.2 Å². The van der Waals surface area contributed by atoms with E-state index in [9.17, 15) is 9.90 Å². The van der Waals surface area contributed by atoms with Crippen LogP contribution in [0.3, 0.4) is 0 Å². The Morgan fingerprint density at radius 3 is 2.52 bits per heavy atom. The Balaban J connectivity index is 2.50. The molecule has 0 saturated heterocycles. The van der Waals surface area contributed by atoms with Gasteiger partial charge in [0.1, 0.15) is 18.2 Å². The van der Waals surface area contributed by atoms with Crippen molar-refractivity contribution in [3.8, 4) is 5.75 Å². The van der Waals surface area contributed by atoms with E-state index in [1.165, 1.54) is 0 Å². The Bertz CT molecular complexity index is 856. The van der Waals surface area contributed by atoms with Crippen molar-refractivity contribution in [2.75, 3.05) is 25.1 Å². The fourth-order valence-corrected chi connectivity index (χ4v) is 3.59. The van der Waals surface area contributed by atoms with Crippen LogP contribution < -0.4 is 15.8 Å². The van der Waals surface area contributed by atoms with Gasteiger partial charge in [0.2, 0.25) is 0 Å². The summed E-state index contributed by atoms with van der Waals surface area (Å²) in [6.45, 7) is 4.01. The molecule has 0 heterocycles. The predicted molar refractivity (Wildman–Crippen MR) is 122 cm³/mol. The van der Waals surface area contributed by atoms with Gasteiger partial charge in [-0.25, -0.2) is 4.79 Å². The number of esters is 1. The lowest BCUT2D eigenvalue weighted by Gasteiger charge is -2.23. The molecular weight excluding hydrogens is 485 g/mol. The highest BCUT2D eigenvalue weighted by Crippen LogP contribution is 2.34. The van der Waals surface area contributed by atoms with Crippen LogP contribution >= 0.6 is 22.6 Å². The number of nitrogens with one attached hydrogen (secondary N) is 2. The van der Waals surface area contributed by atoms with Gasteiger partial charge in [-0.2, -0.15) is 0 Å². The number of ether oxygens (including phenoxy) is 2. The normalized spacial score (nSPS) is 11.6. The Morgan fingerprint density at radius 1 is 1.28 bits per heavy atom. The number of halogens is 1. The molecule has 0 aliphatic carbocycles. The molecule has 0 aromatic heterocycles. The third-order valence-electron chi connectivity index (χ3n) is 4.22. The number of hydrogen-bond acceptors (Lipinski definition) is 6. The zero-order valence-corrected chi connectivity index (χ0v) is 18.7. The van der Waals surface area contributed by atoms with E-state index in [-0.39, 0.29) is 25.7 Å². The van der Waals surface area contributed by atoms with E-state index in [4.69, 9.17) is 20.6 Å². The molecule has 0 amide bonds. The van der Waals surface area contributed by atoms with Crippen molar-refractivity contribution in [2.24, 2.45) is 5.73 Å². The number of benzene rings is 2. The summed E-state index contributed by atoms with van der Waals surface area (Å²) in [4.78, 5) is 12.8. The number of rotatable bonds is 10. The number of anilines is 1. The number of aliphatic hydroxyl groups is 1. The SMILES string of the molecule is CCOC(=O)C(Nc1ccc(C(=N)N)cc1)c1cc(I)cc(CC)c1OCCO. The Kier molecular flexibility index (Phi) is 8.71. The molecule has 8 heteroatoms. The molecule has 0 spiro atoms. The zero-order chi connectivity index (χ0) is 21.4. The van der Waals surface area contributed by atoms with Crippen LogP contribution in [0.5, 0.6) is 5.75 Å². The number of aliphatic hydroxyl groups excluding tert-OH is 1. The number of amidine groups is 1. The second-order valence-corrected chi connectivity index (χ2v) is 7.47. The van der Waals surface area contributed by atoms with E-state index < -0.39 is 12.0 Å². The number of nitrogens with two attached hydrogens (primary N) is 1. The van der Waals surface area contributed by atoms with Crippen molar-refractivity contribution < 1.29 is 19.4 Å². The lowest BCUT2D eigenvalue weighted by molar-refractivity contribution is -0.144. The molecular formula is C21H26IN3O4. The molecule has 7 nitrogen and oxygen atoms in total. The molecule has 1 atom stereocenters. The Morgan fingerprint density at radius 2 is 1.97 bits per heavy atom. The minimum Gasteiger partial charge on any atom is -0.491 e. The third-order valence-corrected chi connectivity index (χ3v) is 4.84. The number of carbonyl (C=O) groups excluding carboxylic acids is 1. The number of aryl methyl sites for hydroxylation is 1. The van der Waals surface area contributed by atoms with Gasteiger partial charge in [0, 0.05) is 20.4 Å². The highest BCUT2D eigenvalue weighted by atomic mass is 127. The molecule has 156 valence electrons. The van der Waals surface area contributed by atoms with Gasteiger partial charge in [0.15, 0.2) is 6.04 Å². The summed E-state index contributed by atoms with van der Waals surface area (Å²) in [6, 6.07) is 10.0. The smallest absolute Gasteiger partial charge is 0.333 e. The van der Waals surface area contributed by atoms with Crippen LogP contribution in [0.25, 0.3) is 0 Å². The van der Waals surface area contributed by atoms with Gasteiger partial charge < -0.3 is 25.6 Å². The topological polar surface area (TPSA) is 118 Å². The first-order chi connectivity index (χ1) is 13.9. The summed E-state index contributed by atoms with van der Waals surface area (Å²) < 4.78 is 12.1. The van der Waals surface area contributed by atoms with E-state index in [0.29, 0.717) is 29.0 Å². The summed E-state index contributed by atoms with van der Waals surface area (Å²) in [5.74, 6) is 0.123. The Hall–Kier alpha value is -2.33. The van der Waals surface area contributed by atoms with Gasteiger partial charge in [0.25, 0.3) is 0 Å². The minimum absolute atomic E-state index is 0.0246. The van der Waals surface area contributed by atoms with Gasteiger partial charge in [-0.1, -0.05) is 6.92 Å². The van der Waals surface area contributed by atoms with Crippen LogP contribution in [-0.2, 0) is 16.0 Å². The van der Waals surface area contributed by atoms with E-state index in [1.807, 2.05) is 19.1 Å². The van der Waals surface area contributed by atoms with Gasteiger partial charge in [-0.15, -0.1) is 0 Å². The monoisotopic (exact) mass is 511 g/mol. The van der Waals surface area contributed by atoms with Crippen molar-refractivity contribution in [1.29, 1.82) is 5.41 Å². The lowest BCUT2D eigenvalue weighted by Crippen LogP contribution is -2.25. The van der Waals surface area contributed by atoms with Crippen molar-refractivity contribution in [3.05, 3.63) is 56.7 Å². The first-order valence-corrected chi connectivity index (χ1v) is 10.4. The van der Waals surface area contributed by atoms with Crippen molar-refractivity contribution in [3.63, 3.8) is 0 Å². The molecule has 0 saturated carbocycles. The molecule has 2 rings (SSSR count). The van der Waals surface area contributed by atoms with E-state index in [2.05, 4.69) is 27.9 Å². The highest BCUT2D eigenvalue weighted by molar-refractivity contribution is 14.1. The van der Waals surface area contributed by atoms with Crippen LogP contribution in [0.2, 0.25) is 0 Å². The molecule has 29 heavy (non-hydrogen) atoms. The molecule has 2 aromatic carbocycles. The molecule has 0 fully saturated rings. The fourth-order valence-electron chi connectivity index (χ4n) is 2.88. The van der Waals surface area contributed by atoms with Crippen LogP contribution in [0, 0.1) is 8.98 Å². The second kappa shape index (κ2) is 11.0. The summed E-state index contributed by atoms with van der Waals surface area (Å²) in [7, 11) is 0. The summed E-state index contributed by atoms with van der Waals surface area (Å²) in [5, 5.41) is 19.9. The molecule has 2 aromatic rings. The second-order valence-electron chi connectivity index (χ2n) is 6.23. The Labute approximate surface area is 184 Å². The first-order valence-electron chi connectivity index (χ1n) is 9.34. The molecule has 0 bridgehead atoms. The average molecular weight is 511 g/mol. The molecule has 0 aliphatic rings. The van der Waals surface area contributed by atoms with Crippen LogP contribution in [0.4, 0.5) is 5.69 Å². The summed E-state index contributed by atoms with van der Waals surface area (Å²) >= 11 is 2.21. The van der Waals surface area contributed by atoms with E-state index in [1.54, 1.807) is 31.2 Å². The van der Waals surface area contributed by atoms with Gasteiger partial charge in [-0.05, 0) is 77.9 Å². The number of nitrogen functional groups attached to an aromatic ring is 1.